The first-order valence-electron chi connectivity index (χ1n) is 16.1. The molecule has 0 radical (unpaired) electrons. The Morgan fingerprint density at radius 3 is 0.532 bits per heavy atom. The van der Waals surface area contributed by atoms with Gasteiger partial charge in [0.25, 0.3) is 0 Å². The molecule has 0 saturated heterocycles. The van der Waals surface area contributed by atoms with E-state index >= 15 is 0 Å². The number of aliphatic hydroxyl groups is 4. The molecule has 0 aliphatic carbocycles. The molecular weight excluding hydrogens is 635 g/mol. The molecule has 4 N–H and O–H groups in total. The van der Waals surface area contributed by atoms with Crippen LogP contribution in [0.5, 0.6) is 0 Å². The Labute approximate surface area is 278 Å². The van der Waals surface area contributed by atoms with Crippen molar-refractivity contribution >= 4 is 6.96 Å². The van der Waals surface area contributed by atoms with Gasteiger partial charge in [-0.25, -0.2) is 0 Å². The molecule has 0 aromatic carbocycles. The molecular formula is C28H60BO18-. The van der Waals surface area contributed by atoms with Crippen molar-refractivity contribution in [1.29, 1.82) is 0 Å². The van der Waals surface area contributed by atoms with E-state index in [1.54, 1.807) is 0 Å². The van der Waals surface area contributed by atoms with E-state index in [9.17, 15) is 0 Å². The van der Waals surface area contributed by atoms with Crippen LogP contribution < -0.4 is 0 Å². The predicted octanol–water partition coefficient (Wildman–Crippen LogP) is -2.38. The van der Waals surface area contributed by atoms with Crippen molar-refractivity contribution in [3.05, 3.63) is 0 Å². The van der Waals surface area contributed by atoms with Crippen molar-refractivity contribution in [1.82, 2.24) is 0 Å². The number of rotatable bonds is 42. The zero-order valence-electron chi connectivity index (χ0n) is 27.9. The summed E-state index contributed by atoms with van der Waals surface area (Å²) in [5.74, 6) is 0. The lowest BCUT2D eigenvalue weighted by molar-refractivity contribution is -0.0751. The van der Waals surface area contributed by atoms with Crippen molar-refractivity contribution < 1.29 is 86.4 Å². The van der Waals surface area contributed by atoms with E-state index in [4.69, 9.17) is 86.4 Å². The van der Waals surface area contributed by atoms with Gasteiger partial charge < -0.3 is 86.4 Å². The molecule has 0 aromatic heterocycles. The van der Waals surface area contributed by atoms with Crippen LogP contribution in [0.2, 0.25) is 0 Å². The third-order valence-corrected chi connectivity index (χ3v) is 5.37. The lowest BCUT2D eigenvalue weighted by Gasteiger charge is -2.41. The highest BCUT2D eigenvalue weighted by Gasteiger charge is 2.32. The standard InChI is InChI=1S/C28H60BO18/c30-1-5-34-9-13-38-17-19-42-23-27-46-29(44-25-21-40-15-11-36-7-3-32,45-26-22-41-16-12-37-8-4-33)47-28-24-43-20-18-39-14-10-35-6-2-31/h30-33H,1-28H2/q-1. The fraction of sp³-hybridized carbons (Fsp3) is 1.00. The summed E-state index contributed by atoms with van der Waals surface area (Å²) < 4.78 is 77.5. The van der Waals surface area contributed by atoms with Gasteiger partial charge in [0.1, 0.15) is 0 Å². The van der Waals surface area contributed by atoms with Crippen LogP contribution in [0, 0.1) is 0 Å². The van der Waals surface area contributed by atoms with Crippen LogP contribution in [0.1, 0.15) is 0 Å². The summed E-state index contributed by atoms with van der Waals surface area (Å²) in [7, 11) is 0. The Bertz CT molecular complexity index is 538. The maximum Gasteiger partial charge on any atom is 0.531 e. The minimum atomic E-state index is -2.73. The van der Waals surface area contributed by atoms with E-state index in [0.717, 1.165) is 0 Å². The Balaban J connectivity index is 4.81. The van der Waals surface area contributed by atoms with Crippen LogP contribution in [0.15, 0.2) is 0 Å². The van der Waals surface area contributed by atoms with Gasteiger partial charge in [0.05, 0.1) is 159 Å². The maximum atomic E-state index is 8.80. The lowest BCUT2D eigenvalue weighted by Crippen LogP contribution is -2.51. The van der Waals surface area contributed by atoms with E-state index in [1.165, 1.54) is 0 Å². The summed E-state index contributed by atoms with van der Waals surface area (Å²) in [4.78, 5) is 0. The molecule has 0 heterocycles. The zero-order valence-corrected chi connectivity index (χ0v) is 27.9. The van der Waals surface area contributed by atoms with Crippen LogP contribution in [0.3, 0.4) is 0 Å². The van der Waals surface area contributed by atoms with Crippen LogP contribution in [-0.2, 0) is 66.0 Å². The first-order chi connectivity index (χ1) is 23.2. The Morgan fingerprint density at radius 2 is 0.362 bits per heavy atom. The van der Waals surface area contributed by atoms with Gasteiger partial charge in [-0.2, -0.15) is 0 Å². The molecule has 0 aromatic rings. The van der Waals surface area contributed by atoms with Crippen LogP contribution in [-0.4, -0.2) is 212 Å². The number of aliphatic hydroxyl groups excluding tert-OH is 4. The first kappa shape index (κ1) is 46.3. The molecule has 0 amide bonds. The van der Waals surface area contributed by atoms with E-state index in [1.807, 2.05) is 0 Å². The quantitative estimate of drug-likeness (QED) is 0.0388. The lowest BCUT2D eigenvalue weighted by atomic mass is 10.0. The summed E-state index contributed by atoms with van der Waals surface area (Å²) in [5, 5.41) is 35.0. The number of hydrogen-bond acceptors (Lipinski definition) is 18. The van der Waals surface area contributed by atoms with E-state index < -0.39 is 6.96 Å². The molecule has 0 aliphatic rings. The zero-order chi connectivity index (χ0) is 34.2. The second kappa shape index (κ2) is 39.8. The summed E-state index contributed by atoms with van der Waals surface area (Å²) in [5.41, 5.74) is 0. The molecule has 0 fully saturated rings. The molecule has 0 rings (SSSR count). The highest BCUT2D eigenvalue weighted by Crippen LogP contribution is 2.13. The molecule has 0 bridgehead atoms. The molecule has 0 unspecified atom stereocenters. The molecule has 284 valence electrons. The largest absolute Gasteiger partial charge is 0.531 e. The average molecular weight is 696 g/mol. The monoisotopic (exact) mass is 695 g/mol. The van der Waals surface area contributed by atoms with Crippen molar-refractivity contribution in [2.24, 2.45) is 0 Å². The molecule has 0 aliphatic heterocycles. The Hall–Kier alpha value is -0.655. The van der Waals surface area contributed by atoms with Gasteiger partial charge in [0.2, 0.25) is 0 Å². The fourth-order valence-corrected chi connectivity index (χ4v) is 3.28. The van der Waals surface area contributed by atoms with E-state index in [0.29, 0.717) is 79.3 Å². The van der Waals surface area contributed by atoms with E-state index in [-0.39, 0.29) is 106 Å². The Morgan fingerprint density at radius 1 is 0.213 bits per heavy atom. The number of hydrogen-bond donors (Lipinski definition) is 4. The molecule has 0 spiro atoms. The van der Waals surface area contributed by atoms with Crippen molar-refractivity contribution in [2.45, 2.75) is 0 Å². The smallest absolute Gasteiger partial charge is 0.517 e. The molecule has 0 saturated carbocycles. The minimum absolute atomic E-state index is 0.0322. The SMILES string of the molecule is OCCOCCOCCOCCO[B-](OCCOCCOCCO)(OCCOCCOCCO)OCCOCCOCCOCCO. The van der Waals surface area contributed by atoms with Crippen molar-refractivity contribution in [3.8, 4) is 0 Å². The summed E-state index contributed by atoms with van der Waals surface area (Å²) in [6.07, 6.45) is 0. The summed E-state index contributed by atoms with van der Waals surface area (Å²) in [6.45, 7) is 3.42. The van der Waals surface area contributed by atoms with Gasteiger partial charge >= 0.3 is 6.96 Å². The topological polar surface area (TPSA) is 210 Å². The molecule has 19 heteroatoms. The van der Waals surface area contributed by atoms with Crippen molar-refractivity contribution in [3.63, 3.8) is 0 Å². The van der Waals surface area contributed by atoms with Gasteiger partial charge in [-0.05, 0) is 0 Å². The van der Waals surface area contributed by atoms with Crippen LogP contribution >= 0.6 is 0 Å². The van der Waals surface area contributed by atoms with Gasteiger partial charge in [-0.1, -0.05) is 0 Å². The fourth-order valence-electron chi connectivity index (χ4n) is 3.28. The van der Waals surface area contributed by atoms with Crippen molar-refractivity contribution in [2.75, 3.05) is 185 Å². The summed E-state index contributed by atoms with van der Waals surface area (Å²) >= 11 is 0. The molecule has 18 nitrogen and oxygen atoms in total. The first-order valence-corrected chi connectivity index (χ1v) is 16.1. The Kier molecular flexibility index (Phi) is 39.2. The summed E-state index contributed by atoms with van der Waals surface area (Å²) in [6, 6.07) is 0. The minimum Gasteiger partial charge on any atom is -0.517 e. The van der Waals surface area contributed by atoms with Gasteiger partial charge in [-0.15, -0.1) is 0 Å². The number of ether oxygens (including phenoxy) is 10. The maximum absolute atomic E-state index is 8.80. The normalized spacial score (nSPS) is 12.0. The predicted molar refractivity (Wildman–Crippen MR) is 166 cm³/mol. The second-order valence-corrected chi connectivity index (χ2v) is 9.08. The highest BCUT2D eigenvalue weighted by atomic mass is 16.9. The molecule has 47 heavy (non-hydrogen) atoms. The van der Waals surface area contributed by atoms with E-state index in [2.05, 4.69) is 0 Å². The van der Waals surface area contributed by atoms with Gasteiger partial charge in [-0.3, -0.25) is 0 Å². The van der Waals surface area contributed by atoms with Crippen LogP contribution in [0.4, 0.5) is 0 Å². The third kappa shape index (κ3) is 35.0. The van der Waals surface area contributed by atoms with Gasteiger partial charge in [0.15, 0.2) is 0 Å². The van der Waals surface area contributed by atoms with Gasteiger partial charge in [0, 0.05) is 26.4 Å². The highest BCUT2D eigenvalue weighted by molar-refractivity contribution is 6.53. The molecule has 0 atom stereocenters. The second-order valence-electron chi connectivity index (χ2n) is 9.08. The third-order valence-electron chi connectivity index (χ3n) is 5.37. The van der Waals surface area contributed by atoms with Crippen LogP contribution in [0.25, 0.3) is 0 Å². The average Bonchev–Trinajstić information content (AvgIpc) is 3.08.